The van der Waals surface area contributed by atoms with Crippen LogP contribution in [0.1, 0.15) is 25.0 Å². The van der Waals surface area contributed by atoms with Gasteiger partial charge in [0.1, 0.15) is 36.5 Å². The SMILES string of the molecule is CO[C@@H]1O[C@H](COc2cccc3c2C(N)=NS(=O)(=O)C3)[C@H]2OC(C)(C)O[C@@H]12. The molecule has 1 aromatic carbocycles. The van der Waals surface area contributed by atoms with Crippen molar-refractivity contribution in [1.29, 1.82) is 0 Å². The van der Waals surface area contributed by atoms with Crippen LogP contribution in [0, 0.1) is 0 Å². The minimum atomic E-state index is -3.60. The van der Waals surface area contributed by atoms with E-state index in [-0.39, 0.29) is 30.4 Å². The fraction of sp³-hybridized carbons (Fsp3) is 0.588. The maximum Gasteiger partial charge on any atom is 0.259 e. The van der Waals surface area contributed by atoms with Crippen molar-refractivity contribution in [3.8, 4) is 5.75 Å². The first-order valence-electron chi connectivity index (χ1n) is 8.56. The van der Waals surface area contributed by atoms with Gasteiger partial charge < -0.3 is 29.4 Å². The second kappa shape index (κ2) is 6.42. The maximum atomic E-state index is 11.8. The lowest BCUT2D eigenvalue weighted by Crippen LogP contribution is -2.34. The molecule has 9 nitrogen and oxygen atoms in total. The molecule has 2 saturated heterocycles. The van der Waals surface area contributed by atoms with Crippen LogP contribution in [0.2, 0.25) is 0 Å². The lowest BCUT2D eigenvalue weighted by Gasteiger charge is -2.24. The molecule has 4 rings (SSSR count). The van der Waals surface area contributed by atoms with Gasteiger partial charge in [-0.25, -0.2) is 8.42 Å². The Hall–Kier alpha value is -1.72. The first kappa shape index (κ1) is 18.6. The molecule has 0 bridgehead atoms. The first-order valence-corrected chi connectivity index (χ1v) is 10.2. The third kappa shape index (κ3) is 3.43. The molecule has 10 heteroatoms. The smallest absolute Gasteiger partial charge is 0.259 e. The molecule has 2 fully saturated rings. The number of hydrogen-bond acceptors (Lipinski definition) is 8. The van der Waals surface area contributed by atoms with Gasteiger partial charge in [-0.15, -0.1) is 4.40 Å². The second-order valence-corrected chi connectivity index (χ2v) is 8.78. The lowest BCUT2D eigenvalue weighted by atomic mass is 10.1. The van der Waals surface area contributed by atoms with Gasteiger partial charge in [-0.1, -0.05) is 12.1 Å². The number of fused-ring (bicyclic) bond motifs is 2. The number of ether oxygens (including phenoxy) is 5. The number of methoxy groups -OCH3 is 1. The lowest BCUT2D eigenvalue weighted by molar-refractivity contribution is -0.229. The summed E-state index contributed by atoms with van der Waals surface area (Å²) >= 11 is 0. The minimum absolute atomic E-state index is 0.0755. The van der Waals surface area contributed by atoms with Crippen LogP contribution >= 0.6 is 0 Å². The van der Waals surface area contributed by atoms with Crippen LogP contribution in [-0.4, -0.2) is 58.4 Å². The summed E-state index contributed by atoms with van der Waals surface area (Å²) in [5, 5.41) is 0. The van der Waals surface area contributed by atoms with Gasteiger partial charge in [0.25, 0.3) is 10.0 Å². The van der Waals surface area contributed by atoms with Crippen molar-refractivity contribution in [3.05, 3.63) is 29.3 Å². The molecule has 0 amide bonds. The predicted octanol–water partition coefficient (Wildman–Crippen LogP) is 0.506. The number of nitrogens with zero attached hydrogens (tertiary/aromatic N) is 1. The predicted molar refractivity (Wildman–Crippen MR) is 94.8 cm³/mol. The second-order valence-electron chi connectivity index (χ2n) is 7.15. The molecular formula is C17H22N2O7S. The quantitative estimate of drug-likeness (QED) is 0.779. The normalized spacial score (nSPS) is 33.2. The maximum absolute atomic E-state index is 11.8. The molecule has 3 aliphatic rings. The van der Waals surface area contributed by atoms with Crippen molar-refractivity contribution in [2.24, 2.45) is 10.1 Å². The van der Waals surface area contributed by atoms with Gasteiger partial charge >= 0.3 is 0 Å². The Morgan fingerprint density at radius 3 is 2.78 bits per heavy atom. The van der Waals surface area contributed by atoms with Gasteiger partial charge in [-0.3, -0.25) is 0 Å². The molecular weight excluding hydrogens is 376 g/mol. The fourth-order valence-electron chi connectivity index (χ4n) is 3.67. The average Bonchev–Trinajstić information content (AvgIpc) is 3.04. The van der Waals surface area contributed by atoms with E-state index in [2.05, 4.69) is 4.40 Å². The number of rotatable bonds is 4. The Kier molecular flexibility index (Phi) is 4.43. The summed E-state index contributed by atoms with van der Waals surface area (Å²) in [7, 11) is -2.05. The van der Waals surface area contributed by atoms with Crippen molar-refractivity contribution < 1.29 is 32.1 Å². The zero-order valence-electron chi connectivity index (χ0n) is 15.2. The van der Waals surface area contributed by atoms with Crippen molar-refractivity contribution in [1.82, 2.24) is 0 Å². The summed E-state index contributed by atoms with van der Waals surface area (Å²) in [6.45, 7) is 3.83. The molecule has 0 aromatic heterocycles. The Bertz CT molecular complexity index is 883. The molecule has 4 atom stereocenters. The van der Waals surface area contributed by atoms with Crippen LogP contribution in [0.25, 0.3) is 0 Å². The Morgan fingerprint density at radius 2 is 2.04 bits per heavy atom. The Labute approximate surface area is 157 Å². The molecule has 3 aliphatic heterocycles. The average molecular weight is 398 g/mol. The third-order valence-electron chi connectivity index (χ3n) is 4.69. The molecule has 0 radical (unpaired) electrons. The van der Waals surface area contributed by atoms with Crippen molar-refractivity contribution >= 4 is 15.9 Å². The standard InChI is InChI=1S/C17H22N2O7S/c1-17(2)25-13-11(24-16(22-3)14(13)26-17)7-23-10-6-4-5-9-8-27(20,21)19-15(18)12(9)10/h4-6,11,13-14,16H,7-8H2,1-3H3,(H2,18,19)/t11-,13-,14-,16-/m1/s1. The van der Waals surface area contributed by atoms with E-state index in [1.165, 1.54) is 0 Å². The molecule has 148 valence electrons. The van der Waals surface area contributed by atoms with Crippen LogP contribution in [0.4, 0.5) is 0 Å². The van der Waals surface area contributed by atoms with Crippen molar-refractivity contribution in [2.45, 2.75) is 50.0 Å². The van der Waals surface area contributed by atoms with Gasteiger partial charge in [0.05, 0.1) is 11.3 Å². The zero-order valence-corrected chi connectivity index (χ0v) is 16.1. The molecule has 27 heavy (non-hydrogen) atoms. The van der Waals surface area contributed by atoms with Crippen LogP contribution in [0.15, 0.2) is 22.6 Å². The van der Waals surface area contributed by atoms with E-state index in [9.17, 15) is 8.42 Å². The Balaban J connectivity index is 1.54. The van der Waals surface area contributed by atoms with E-state index in [1.54, 1.807) is 25.3 Å². The highest BCUT2D eigenvalue weighted by atomic mass is 32.2. The minimum Gasteiger partial charge on any atom is -0.490 e. The summed E-state index contributed by atoms with van der Waals surface area (Å²) < 4.78 is 56.0. The zero-order chi connectivity index (χ0) is 19.4. The van der Waals surface area contributed by atoms with Crippen LogP contribution < -0.4 is 10.5 Å². The van der Waals surface area contributed by atoms with Crippen LogP contribution in [0.3, 0.4) is 0 Å². The van der Waals surface area contributed by atoms with Gasteiger partial charge in [0.15, 0.2) is 12.1 Å². The number of hydrogen-bond donors (Lipinski definition) is 1. The number of nitrogens with two attached hydrogens (primary N) is 1. The van der Waals surface area contributed by atoms with Gasteiger partial charge in [0.2, 0.25) is 0 Å². The van der Waals surface area contributed by atoms with E-state index in [4.69, 9.17) is 29.4 Å². The van der Waals surface area contributed by atoms with Gasteiger partial charge in [0, 0.05) is 7.11 Å². The van der Waals surface area contributed by atoms with Crippen LogP contribution in [0.5, 0.6) is 5.75 Å². The third-order valence-corrected chi connectivity index (χ3v) is 5.84. The van der Waals surface area contributed by atoms with E-state index in [0.717, 1.165) is 0 Å². The number of amidine groups is 1. The highest BCUT2D eigenvalue weighted by Crippen LogP contribution is 2.39. The molecule has 1 aromatic rings. The summed E-state index contributed by atoms with van der Waals surface area (Å²) in [5.74, 6) is -0.566. The highest BCUT2D eigenvalue weighted by Gasteiger charge is 2.55. The summed E-state index contributed by atoms with van der Waals surface area (Å²) in [6.07, 6.45) is -1.65. The molecule has 0 saturated carbocycles. The van der Waals surface area contributed by atoms with E-state index < -0.39 is 28.2 Å². The number of benzene rings is 1. The topological polar surface area (TPSA) is 119 Å². The fourth-order valence-corrected chi connectivity index (χ4v) is 4.76. The van der Waals surface area contributed by atoms with Crippen molar-refractivity contribution in [2.75, 3.05) is 13.7 Å². The van der Waals surface area contributed by atoms with Gasteiger partial charge in [-0.2, -0.15) is 0 Å². The monoisotopic (exact) mass is 398 g/mol. The van der Waals surface area contributed by atoms with E-state index in [0.29, 0.717) is 16.9 Å². The molecule has 3 heterocycles. The largest absolute Gasteiger partial charge is 0.490 e. The summed E-state index contributed by atoms with van der Waals surface area (Å²) in [4.78, 5) is 0. The number of sulfonamides is 1. The van der Waals surface area contributed by atoms with E-state index in [1.807, 2.05) is 13.8 Å². The molecule has 0 spiro atoms. The first-order chi connectivity index (χ1) is 12.7. The van der Waals surface area contributed by atoms with Crippen LogP contribution in [-0.2, 0) is 34.7 Å². The molecule has 0 unspecified atom stereocenters. The molecule has 0 aliphatic carbocycles. The summed E-state index contributed by atoms with van der Waals surface area (Å²) in [6, 6.07) is 5.13. The molecule has 2 N–H and O–H groups in total. The summed E-state index contributed by atoms with van der Waals surface area (Å²) in [5.41, 5.74) is 6.92. The van der Waals surface area contributed by atoms with Gasteiger partial charge in [-0.05, 0) is 25.5 Å². The van der Waals surface area contributed by atoms with E-state index >= 15 is 0 Å². The van der Waals surface area contributed by atoms with Crippen molar-refractivity contribution in [3.63, 3.8) is 0 Å². The highest BCUT2D eigenvalue weighted by molar-refractivity contribution is 7.89. The Morgan fingerprint density at radius 1 is 1.30 bits per heavy atom.